The van der Waals surface area contributed by atoms with Gasteiger partial charge in [-0.1, -0.05) is 13.8 Å². The Labute approximate surface area is 140 Å². The first kappa shape index (κ1) is 16.5. The lowest BCUT2D eigenvalue weighted by Gasteiger charge is -2.18. The summed E-state index contributed by atoms with van der Waals surface area (Å²) in [6.45, 7) is 5.71. The van der Waals surface area contributed by atoms with Gasteiger partial charge in [0.1, 0.15) is 18.2 Å². The molecule has 0 aliphatic carbocycles. The van der Waals surface area contributed by atoms with E-state index < -0.39 is 0 Å². The fourth-order valence-corrected chi connectivity index (χ4v) is 2.92. The van der Waals surface area contributed by atoms with Crippen LogP contribution in [-0.2, 0) is 11.4 Å². The SMILES string of the molecule is CC(C)C(=O)N1CCC(c2cc(COc3ccc(F)cc3)[nH]n2)C1. The number of nitrogens with zero attached hydrogens (tertiary/aromatic N) is 2. The third-order valence-electron chi connectivity index (χ3n) is 4.27. The van der Waals surface area contributed by atoms with E-state index in [1.807, 2.05) is 24.8 Å². The molecule has 1 fully saturated rings. The number of H-pyrrole nitrogens is 1. The first-order valence-electron chi connectivity index (χ1n) is 8.24. The van der Waals surface area contributed by atoms with Crippen molar-refractivity contribution in [2.45, 2.75) is 32.8 Å². The molecule has 1 atom stereocenters. The lowest BCUT2D eigenvalue weighted by atomic mass is 10.1. The number of benzene rings is 1. The number of rotatable bonds is 5. The maximum absolute atomic E-state index is 12.9. The van der Waals surface area contributed by atoms with Gasteiger partial charge in [0.25, 0.3) is 0 Å². The Balaban J connectivity index is 1.56. The third-order valence-corrected chi connectivity index (χ3v) is 4.27. The van der Waals surface area contributed by atoms with E-state index in [1.54, 1.807) is 12.1 Å². The second kappa shape index (κ2) is 7.03. The molecule has 5 nitrogen and oxygen atoms in total. The second-order valence-corrected chi connectivity index (χ2v) is 6.49. The molecule has 2 heterocycles. The number of hydrogen-bond donors (Lipinski definition) is 1. The molecule has 2 aromatic rings. The summed E-state index contributed by atoms with van der Waals surface area (Å²) in [4.78, 5) is 14.0. The van der Waals surface area contributed by atoms with Crippen molar-refractivity contribution in [2.75, 3.05) is 13.1 Å². The molecule has 3 rings (SSSR count). The average Bonchev–Trinajstić information content (AvgIpc) is 3.22. The minimum Gasteiger partial charge on any atom is -0.487 e. The molecular formula is C18H22FN3O2. The van der Waals surface area contributed by atoms with Crippen LogP contribution < -0.4 is 4.74 Å². The number of aromatic nitrogens is 2. The molecule has 1 amide bonds. The molecule has 1 aliphatic heterocycles. The predicted molar refractivity (Wildman–Crippen MR) is 88.1 cm³/mol. The third kappa shape index (κ3) is 3.75. The highest BCUT2D eigenvalue weighted by Crippen LogP contribution is 2.27. The molecule has 1 N–H and O–H groups in total. The van der Waals surface area contributed by atoms with Crippen molar-refractivity contribution in [2.24, 2.45) is 5.92 Å². The summed E-state index contributed by atoms with van der Waals surface area (Å²) in [6, 6.07) is 7.91. The molecule has 0 radical (unpaired) electrons. The summed E-state index contributed by atoms with van der Waals surface area (Å²) in [6.07, 6.45) is 0.932. The van der Waals surface area contributed by atoms with Crippen molar-refractivity contribution in [1.29, 1.82) is 0 Å². The van der Waals surface area contributed by atoms with E-state index >= 15 is 0 Å². The lowest BCUT2D eigenvalue weighted by molar-refractivity contribution is -0.133. The van der Waals surface area contributed by atoms with Crippen LogP contribution in [0.5, 0.6) is 5.75 Å². The number of carbonyl (C=O) groups excluding carboxylic acids is 1. The topological polar surface area (TPSA) is 58.2 Å². The van der Waals surface area contributed by atoms with E-state index in [1.165, 1.54) is 12.1 Å². The first-order valence-corrected chi connectivity index (χ1v) is 8.24. The van der Waals surface area contributed by atoms with Crippen molar-refractivity contribution in [3.05, 3.63) is 47.5 Å². The molecule has 6 heteroatoms. The van der Waals surface area contributed by atoms with Crippen molar-refractivity contribution in [3.8, 4) is 5.75 Å². The van der Waals surface area contributed by atoms with Crippen LogP contribution in [0, 0.1) is 11.7 Å². The van der Waals surface area contributed by atoms with E-state index in [-0.39, 0.29) is 23.6 Å². The zero-order chi connectivity index (χ0) is 17.1. The van der Waals surface area contributed by atoms with Crippen molar-refractivity contribution >= 4 is 5.91 Å². The minimum absolute atomic E-state index is 0.0302. The number of amides is 1. The van der Waals surface area contributed by atoms with Crippen LogP contribution >= 0.6 is 0 Å². The van der Waals surface area contributed by atoms with Gasteiger partial charge >= 0.3 is 0 Å². The Hall–Kier alpha value is -2.37. The molecule has 1 aromatic carbocycles. The first-order chi connectivity index (χ1) is 11.5. The molecule has 0 bridgehead atoms. The van der Waals surface area contributed by atoms with Gasteiger partial charge in [0.15, 0.2) is 0 Å². The fourth-order valence-electron chi connectivity index (χ4n) is 2.92. The van der Waals surface area contributed by atoms with Crippen LogP contribution in [0.1, 0.15) is 37.6 Å². The van der Waals surface area contributed by atoms with Crippen LogP contribution in [0.15, 0.2) is 30.3 Å². The van der Waals surface area contributed by atoms with Gasteiger partial charge in [0, 0.05) is 24.9 Å². The van der Waals surface area contributed by atoms with Crippen molar-refractivity contribution in [1.82, 2.24) is 15.1 Å². The smallest absolute Gasteiger partial charge is 0.225 e. The summed E-state index contributed by atoms with van der Waals surface area (Å²) < 4.78 is 18.5. The lowest BCUT2D eigenvalue weighted by Crippen LogP contribution is -2.31. The van der Waals surface area contributed by atoms with Gasteiger partial charge in [-0.05, 0) is 36.8 Å². The van der Waals surface area contributed by atoms with Crippen LogP contribution in [0.4, 0.5) is 4.39 Å². The van der Waals surface area contributed by atoms with Gasteiger partial charge < -0.3 is 9.64 Å². The highest BCUT2D eigenvalue weighted by Gasteiger charge is 2.29. The molecule has 24 heavy (non-hydrogen) atoms. The summed E-state index contributed by atoms with van der Waals surface area (Å²) in [5.74, 6) is 0.828. The molecule has 0 saturated carbocycles. The van der Waals surface area contributed by atoms with Crippen LogP contribution in [0.3, 0.4) is 0 Å². The number of nitrogens with one attached hydrogen (secondary N) is 1. The second-order valence-electron chi connectivity index (χ2n) is 6.49. The Kier molecular flexibility index (Phi) is 4.83. The van der Waals surface area contributed by atoms with E-state index in [0.29, 0.717) is 12.4 Å². The van der Waals surface area contributed by atoms with E-state index in [0.717, 1.165) is 30.9 Å². The number of ether oxygens (including phenoxy) is 1. The number of aromatic amines is 1. The van der Waals surface area contributed by atoms with Gasteiger partial charge in [0.2, 0.25) is 5.91 Å². The van der Waals surface area contributed by atoms with Crippen LogP contribution in [0.25, 0.3) is 0 Å². The summed E-state index contributed by atoms with van der Waals surface area (Å²) in [5.41, 5.74) is 1.83. The predicted octanol–water partition coefficient (Wildman–Crippen LogP) is 3.10. The Morgan fingerprint density at radius 1 is 1.42 bits per heavy atom. The highest BCUT2D eigenvalue weighted by atomic mass is 19.1. The van der Waals surface area contributed by atoms with Crippen LogP contribution in [0.2, 0.25) is 0 Å². The molecular weight excluding hydrogens is 309 g/mol. The molecule has 1 unspecified atom stereocenters. The maximum Gasteiger partial charge on any atom is 0.225 e. The molecule has 0 spiro atoms. The normalized spacial score (nSPS) is 17.5. The van der Waals surface area contributed by atoms with Gasteiger partial charge in [-0.15, -0.1) is 0 Å². The van der Waals surface area contributed by atoms with Gasteiger partial charge in [0.05, 0.1) is 11.4 Å². The molecule has 1 aromatic heterocycles. The Bertz CT molecular complexity index is 697. The summed E-state index contributed by atoms with van der Waals surface area (Å²) in [5, 5.41) is 7.34. The van der Waals surface area contributed by atoms with Gasteiger partial charge in [-0.3, -0.25) is 9.89 Å². The quantitative estimate of drug-likeness (QED) is 0.916. The molecule has 1 aliphatic rings. The highest BCUT2D eigenvalue weighted by molar-refractivity contribution is 5.78. The number of likely N-dealkylation sites (tertiary alicyclic amines) is 1. The summed E-state index contributed by atoms with van der Waals surface area (Å²) in [7, 11) is 0. The van der Waals surface area contributed by atoms with E-state index in [9.17, 15) is 9.18 Å². The van der Waals surface area contributed by atoms with Gasteiger partial charge in [-0.25, -0.2) is 4.39 Å². The maximum atomic E-state index is 12.9. The zero-order valence-corrected chi connectivity index (χ0v) is 14.0. The van der Waals surface area contributed by atoms with Crippen molar-refractivity contribution < 1.29 is 13.9 Å². The minimum atomic E-state index is -0.284. The number of carbonyl (C=O) groups is 1. The van der Waals surface area contributed by atoms with E-state index in [4.69, 9.17) is 4.74 Å². The summed E-state index contributed by atoms with van der Waals surface area (Å²) >= 11 is 0. The van der Waals surface area contributed by atoms with Crippen LogP contribution in [-0.4, -0.2) is 34.1 Å². The van der Waals surface area contributed by atoms with E-state index in [2.05, 4.69) is 10.2 Å². The Morgan fingerprint density at radius 3 is 2.88 bits per heavy atom. The number of hydrogen-bond acceptors (Lipinski definition) is 3. The monoisotopic (exact) mass is 331 g/mol. The Morgan fingerprint density at radius 2 is 2.17 bits per heavy atom. The number of halogens is 1. The van der Waals surface area contributed by atoms with Crippen molar-refractivity contribution in [3.63, 3.8) is 0 Å². The molecule has 128 valence electrons. The fraction of sp³-hybridized carbons (Fsp3) is 0.444. The zero-order valence-electron chi connectivity index (χ0n) is 14.0. The average molecular weight is 331 g/mol. The molecule has 1 saturated heterocycles. The van der Waals surface area contributed by atoms with Gasteiger partial charge in [-0.2, -0.15) is 5.10 Å². The standard InChI is InChI=1S/C18H22FN3O2/c1-12(2)18(23)22-8-7-13(10-22)17-9-15(20-21-17)11-24-16-5-3-14(19)4-6-16/h3-6,9,12-13H,7-8,10-11H2,1-2H3,(H,20,21). The largest absolute Gasteiger partial charge is 0.487 e.